The number of aryl methyl sites for hydroxylation is 1. The maximum atomic E-state index is 16.0. The van der Waals surface area contributed by atoms with E-state index < -0.39 is 23.2 Å². The summed E-state index contributed by atoms with van der Waals surface area (Å²) < 4.78 is 32.3. The van der Waals surface area contributed by atoms with Gasteiger partial charge in [0.2, 0.25) is 5.43 Å². The molecule has 1 unspecified atom stereocenters. The third-order valence-corrected chi connectivity index (χ3v) is 6.84. The van der Waals surface area contributed by atoms with Gasteiger partial charge in [0.15, 0.2) is 17.3 Å². The molecule has 1 saturated carbocycles. The van der Waals surface area contributed by atoms with E-state index in [0.29, 0.717) is 37.7 Å². The zero-order valence-electron chi connectivity index (χ0n) is 19.0. The lowest BCUT2D eigenvalue weighted by atomic mass is 10.1. The van der Waals surface area contributed by atoms with Crippen molar-refractivity contribution in [3.8, 4) is 5.75 Å². The van der Waals surface area contributed by atoms with Crippen LogP contribution in [-0.4, -0.2) is 46.4 Å². The van der Waals surface area contributed by atoms with Crippen molar-refractivity contribution in [1.29, 1.82) is 0 Å². The number of piperazine rings is 1. The number of anilines is 1. The standard InChI is InChI=1S/C23H23ClFN3O7/c1-11-8-27(6-5-26(11)9-16-12(2)33-23(32)35-16)20-15(24)7-14-19(18(20)25)28(13-3-4-13)10-17(21(14)29)34-22(30)31/h7,10-11,13H,3-6,8-9H2,1-2H3,(H,30,31). The molecule has 1 atom stereocenters. The summed E-state index contributed by atoms with van der Waals surface area (Å²) >= 11 is 6.49. The van der Waals surface area contributed by atoms with E-state index in [-0.39, 0.29) is 39.4 Å². The lowest BCUT2D eigenvalue weighted by molar-refractivity contribution is 0.143. The first kappa shape index (κ1) is 23.4. The Balaban J connectivity index is 1.50. The predicted molar refractivity (Wildman–Crippen MR) is 124 cm³/mol. The van der Waals surface area contributed by atoms with Crippen LogP contribution in [0.4, 0.5) is 14.9 Å². The van der Waals surface area contributed by atoms with E-state index in [0.717, 1.165) is 12.8 Å². The third-order valence-electron chi connectivity index (χ3n) is 6.55. The van der Waals surface area contributed by atoms with Gasteiger partial charge in [-0.1, -0.05) is 11.6 Å². The monoisotopic (exact) mass is 507 g/mol. The predicted octanol–water partition coefficient (Wildman–Crippen LogP) is 3.75. The molecule has 1 N–H and O–H groups in total. The highest BCUT2D eigenvalue weighted by molar-refractivity contribution is 6.34. The second kappa shape index (κ2) is 8.72. The largest absolute Gasteiger partial charge is 0.519 e. The molecule has 3 aromatic rings. The van der Waals surface area contributed by atoms with Gasteiger partial charge in [-0.3, -0.25) is 9.69 Å². The topological polar surface area (TPSA) is 118 Å². The Labute approximate surface area is 203 Å². The fraction of sp³-hybridized carbons (Fsp3) is 0.435. The highest BCUT2D eigenvalue weighted by atomic mass is 35.5. The van der Waals surface area contributed by atoms with Crippen molar-refractivity contribution in [2.75, 3.05) is 24.5 Å². The summed E-state index contributed by atoms with van der Waals surface area (Å²) in [5.41, 5.74) is -0.459. The molecule has 0 amide bonds. The molecule has 1 aliphatic carbocycles. The average Bonchev–Trinajstić information content (AvgIpc) is 3.57. The van der Waals surface area contributed by atoms with E-state index in [1.54, 1.807) is 11.5 Å². The second-order valence-corrected chi connectivity index (χ2v) is 9.35. The molecular formula is C23H23ClFN3O7. The van der Waals surface area contributed by atoms with E-state index in [2.05, 4.69) is 9.64 Å². The Morgan fingerprint density at radius 3 is 2.63 bits per heavy atom. The molecule has 0 bridgehead atoms. The number of nitrogens with zero attached hydrogens (tertiary/aromatic N) is 3. The zero-order chi connectivity index (χ0) is 25.0. The van der Waals surface area contributed by atoms with Gasteiger partial charge in [0, 0.05) is 31.7 Å². The van der Waals surface area contributed by atoms with Crippen molar-refractivity contribution < 1.29 is 27.9 Å². The fourth-order valence-corrected chi connectivity index (χ4v) is 4.95. The van der Waals surface area contributed by atoms with E-state index in [1.807, 2.05) is 11.8 Å². The molecule has 12 heteroatoms. The normalized spacial score (nSPS) is 18.9. The highest BCUT2D eigenvalue weighted by Crippen LogP contribution is 2.42. The van der Waals surface area contributed by atoms with Gasteiger partial charge in [0.25, 0.3) is 0 Å². The van der Waals surface area contributed by atoms with Crippen LogP contribution in [0.2, 0.25) is 5.02 Å². The van der Waals surface area contributed by atoms with Crippen LogP contribution < -0.4 is 20.9 Å². The molecule has 1 aromatic carbocycles. The lowest BCUT2D eigenvalue weighted by Crippen LogP contribution is -2.51. The van der Waals surface area contributed by atoms with E-state index >= 15 is 4.39 Å². The molecule has 3 heterocycles. The Kier molecular flexibility index (Phi) is 5.84. The first-order valence-corrected chi connectivity index (χ1v) is 11.6. The van der Waals surface area contributed by atoms with Crippen molar-refractivity contribution in [1.82, 2.24) is 9.47 Å². The van der Waals surface area contributed by atoms with Gasteiger partial charge in [-0.25, -0.2) is 14.0 Å². The molecule has 2 aliphatic rings. The van der Waals surface area contributed by atoms with Crippen LogP contribution >= 0.6 is 11.6 Å². The Bertz CT molecular complexity index is 1440. The van der Waals surface area contributed by atoms with Crippen molar-refractivity contribution in [2.45, 2.75) is 45.3 Å². The minimum absolute atomic E-state index is 0.0287. The molecule has 2 fully saturated rings. The molecule has 186 valence electrons. The quantitative estimate of drug-likeness (QED) is 0.515. The minimum atomic E-state index is -1.62. The van der Waals surface area contributed by atoms with Crippen LogP contribution in [-0.2, 0) is 6.54 Å². The molecule has 0 radical (unpaired) electrons. The molecular weight excluding hydrogens is 485 g/mol. The SMILES string of the molecule is Cc1oc(=O)oc1CN1CCN(c2c(Cl)cc3c(=O)c(OC(=O)O)cn(C4CC4)c3c2F)CC1C. The maximum Gasteiger partial charge on any atom is 0.519 e. The van der Waals surface area contributed by atoms with Crippen molar-refractivity contribution >= 4 is 34.3 Å². The van der Waals surface area contributed by atoms with Gasteiger partial charge in [0.05, 0.1) is 34.4 Å². The van der Waals surface area contributed by atoms with Gasteiger partial charge < -0.3 is 28.1 Å². The van der Waals surface area contributed by atoms with Crippen molar-refractivity contribution in [2.24, 2.45) is 0 Å². The fourth-order valence-electron chi connectivity index (χ4n) is 4.64. The van der Waals surface area contributed by atoms with Crippen LogP contribution in [0.15, 0.2) is 30.7 Å². The number of aromatic nitrogens is 1. The third kappa shape index (κ3) is 4.30. The zero-order valence-corrected chi connectivity index (χ0v) is 19.8. The maximum absolute atomic E-state index is 16.0. The summed E-state index contributed by atoms with van der Waals surface area (Å²) in [4.78, 5) is 39.2. The van der Waals surface area contributed by atoms with E-state index in [1.165, 1.54) is 12.3 Å². The Hall–Kier alpha value is -3.31. The minimum Gasteiger partial charge on any atom is -0.449 e. The van der Waals surface area contributed by atoms with Gasteiger partial charge in [-0.05, 0) is 32.8 Å². The van der Waals surface area contributed by atoms with Crippen molar-refractivity contribution in [3.05, 3.63) is 55.5 Å². The molecule has 5 rings (SSSR count). The number of carbonyl (C=O) groups is 1. The van der Waals surface area contributed by atoms with Crippen molar-refractivity contribution in [3.63, 3.8) is 0 Å². The smallest absolute Gasteiger partial charge is 0.449 e. The molecule has 1 saturated heterocycles. The molecule has 1 aliphatic heterocycles. The summed E-state index contributed by atoms with van der Waals surface area (Å²) in [5.74, 6) is -0.873. The van der Waals surface area contributed by atoms with E-state index in [4.69, 9.17) is 25.5 Å². The Morgan fingerprint density at radius 1 is 1.29 bits per heavy atom. The van der Waals surface area contributed by atoms with Gasteiger partial charge in [-0.2, -0.15) is 0 Å². The number of fused-ring (bicyclic) bond motifs is 1. The number of benzene rings is 1. The first-order chi connectivity index (χ1) is 16.6. The number of carboxylic acid groups (broad SMARTS) is 1. The summed E-state index contributed by atoms with van der Waals surface area (Å²) in [6.45, 7) is 5.46. The van der Waals surface area contributed by atoms with Gasteiger partial charge >= 0.3 is 12.0 Å². The number of pyridine rings is 1. The summed E-state index contributed by atoms with van der Waals surface area (Å²) in [7, 11) is 0. The number of rotatable bonds is 5. The lowest BCUT2D eigenvalue weighted by Gasteiger charge is -2.41. The first-order valence-electron chi connectivity index (χ1n) is 11.2. The van der Waals surface area contributed by atoms with Crippen LogP contribution in [0, 0.1) is 12.7 Å². The average molecular weight is 508 g/mol. The van der Waals surface area contributed by atoms with Crippen LogP contribution in [0.1, 0.15) is 37.3 Å². The number of halogens is 2. The summed E-state index contributed by atoms with van der Waals surface area (Å²) in [6.07, 6.45) is 1.20. The molecule has 0 spiro atoms. The summed E-state index contributed by atoms with van der Waals surface area (Å²) in [5, 5.41) is 9.01. The van der Waals surface area contributed by atoms with Gasteiger partial charge in [-0.15, -0.1) is 0 Å². The van der Waals surface area contributed by atoms with Crippen LogP contribution in [0.25, 0.3) is 10.9 Å². The number of hydrogen-bond acceptors (Lipinski definition) is 8. The Morgan fingerprint density at radius 2 is 2.03 bits per heavy atom. The highest BCUT2D eigenvalue weighted by Gasteiger charge is 2.32. The number of ether oxygens (including phenoxy) is 1. The molecule has 35 heavy (non-hydrogen) atoms. The van der Waals surface area contributed by atoms with Crippen LogP contribution in [0.3, 0.4) is 0 Å². The molecule has 2 aromatic heterocycles. The second-order valence-electron chi connectivity index (χ2n) is 8.95. The van der Waals surface area contributed by atoms with E-state index in [9.17, 15) is 14.4 Å². The summed E-state index contributed by atoms with van der Waals surface area (Å²) in [6, 6.07) is 1.29. The number of hydrogen-bond donors (Lipinski definition) is 1. The molecule has 10 nitrogen and oxygen atoms in total. The van der Waals surface area contributed by atoms with Crippen LogP contribution in [0.5, 0.6) is 5.75 Å². The van der Waals surface area contributed by atoms with Gasteiger partial charge in [0.1, 0.15) is 5.76 Å².